The Morgan fingerprint density at radius 2 is 2.33 bits per heavy atom. The van der Waals surface area contributed by atoms with Gasteiger partial charge < -0.3 is 20.9 Å². The first-order chi connectivity index (χ1) is 6.96. The van der Waals surface area contributed by atoms with Crippen LogP contribution >= 0.6 is 0 Å². The zero-order chi connectivity index (χ0) is 11.5. The largest absolute Gasteiger partial charge is 0.481 e. The smallest absolute Gasteiger partial charge is 0.308 e. The molecule has 86 valence electrons. The molecule has 6 heteroatoms. The second-order valence-corrected chi connectivity index (χ2v) is 3.91. The molecule has 0 bridgehead atoms. The quantitative estimate of drug-likeness (QED) is 0.556. The van der Waals surface area contributed by atoms with Crippen molar-refractivity contribution in [3.05, 3.63) is 0 Å². The molecule has 15 heavy (non-hydrogen) atoms. The zero-order valence-corrected chi connectivity index (χ0v) is 8.66. The topological polar surface area (TPSA) is 102 Å². The van der Waals surface area contributed by atoms with Crippen LogP contribution in [0.1, 0.15) is 13.3 Å². The van der Waals surface area contributed by atoms with Gasteiger partial charge in [-0.15, -0.1) is 0 Å². The molecule has 0 saturated carbocycles. The van der Waals surface area contributed by atoms with Crippen molar-refractivity contribution in [2.24, 2.45) is 11.7 Å². The molecular weight excluding hydrogens is 200 g/mol. The first-order valence-electron chi connectivity index (χ1n) is 4.83. The molecule has 1 fully saturated rings. The molecule has 0 aromatic rings. The average Bonchev–Trinajstić information content (AvgIpc) is 2.62. The predicted octanol–water partition coefficient (Wildman–Crippen LogP) is -1.06. The highest BCUT2D eigenvalue weighted by Gasteiger charge is 2.38. The zero-order valence-electron chi connectivity index (χ0n) is 8.66. The lowest BCUT2D eigenvalue weighted by molar-refractivity contribution is -0.141. The number of nitrogens with one attached hydrogen (secondary N) is 1. The molecule has 1 aliphatic rings. The molecule has 0 aromatic heterocycles. The molecule has 1 rings (SSSR count). The molecule has 1 aliphatic heterocycles. The average molecular weight is 216 g/mol. The van der Waals surface area contributed by atoms with E-state index >= 15 is 0 Å². The van der Waals surface area contributed by atoms with Crippen LogP contribution in [-0.2, 0) is 14.3 Å². The van der Waals surface area contributed by atoms with Gasteiger partial charge in [-0.1, -0.05) is 6.92 Å². The lowest BCUT2D eigenvalue weighted by Crippen LogP contribution is -2.55. The van der Waals surface area contributed by atoms with E-state index in [0.29, 0.717) is 13.0 Å². The normalized spacial score (nSPS) is 27.3. The van der Waals surface area contributed by atoms with Crippen molar-refractivity contribution in [3.8, 4) is 0 Å². The first kappa shape index (κ1) is 11.9. The lowest BCUT2D eigenvalue weighted by atomic mass is 9.99. The number of nitrogens with two attached hydrogens (primary N) is 1. The van der Waals surface area contributed by atoms with Gasteiger partial charge in [-0.05, 0) is 6.42 Å². The molecule has 0 aliphatic carbocycles. The Labute approximate surface area is 87.8 Å². The summed E-state index contributed by atoms with van der Waals surface area (Å²) < 4.78 is 5.03. The number of ether oxygens (including phenoxy) is 1. The Bertz CT molecular complexity index is 261. The SMILES string of the molecule is CC(CNC(=O)C1(N)CCOC1)C(=O)O. The van der Waals surface area contributed by atoms with E-state index in [0.717, 1.165) is 0 Å². The Balaban J connectivity index is 2.39. The summed E-state index contributed by atoms with van der Waals surface area (Å²) >= 11 is 0. The van der Waals surface area contributed by atoms with E-state index < -0.39 is 17.4 Å². The molecular formula is C9H16N2O4. The molecule has 2 unspecified atom stereocenters. The number of hydrogen-bond acceptors (Lipinski definition) is 4. The van der Waals surface area contributed by atoms with Crippen molar-refractivity contribution in [2.75, 3.05) is 19.8 Å². The lowest BCUT2D eigenvalue weighted by Gasteiger charge is -2.21. The molecule has 0 radical (unpaired) electrons. The predicted molar refractivity (Wildman–Crippen MR) is 52.2 cm³/mol. The van der Waals surface area contributed by atoms with Crippen molar-refractivity contribution in [3.63, 3.8) is 0 Å². The minimum absolute atomic E-state index is 0.0904. The number of aliphatic carboxylic acids is 1. The van der Waals surface area contributed by atoms with Crippen LogP contribution in [0.3, 0.4) is 0 Å². The molecule has 1 amide bonds. The molecule has 4 N–H and O–H groups in total. The standard InChI is InChI=1S/C9H16N2O4/c1-6(7(12)13)4-11-8(14)9(10)2-3-15-5-9/h6H,2-5,10H2,1H3,(H,11,14)(H,12,13). The van der Waals surface area contributed by atoms with Crippen molar-refractivity contribution in [1.29, 1.82) is 0 Å². The Morgan fingerprint density at radius 3 is 2.80 bits per heavy atom. The number of carboxylic acids is 1. The number of hydrogen-bond donors (Lipinski definition) is 3. The monoisotopic (exact) mass is 216 g/mol. The van der Waals surface area contributed by atoms with Crippen molar-refractivity contribution in [2.45, 2.75) is 18.9 Å². The van der Waals surface area contributed by atoms with E-state index in [1.165, 1.54) is 6.92 Å². The summed E-state index contributed by atoms with van der Waals surface area (Å²) in [5.41, 5.74) is 4.79. The molecule has 0 spiro atoms. The van der Waals surface area contributed by atoms with Crippen LogP contribution in [0.5, 0.6) is 0 Å². The van der Waals surface area contributed by atoms with E-state index in [1.54, 1.807) is 0 Å². The van der Waals surface area contributed by atoms with Crippen molar-refractivity contribution >= 4 is 11.9 Å². The van der Waals surface area contributed by atoms with Gasteiger partial charge in [-0.25, -0.2) is 0 Å². The van der Waals surface area contributed by atoms with Crippen LogP contribution in [-0.4, -0.2) is 42.3 Å². The number of carbonyl (C=O) groups is 2. The summed E-state index contributed by atoms with van der Waals surface area (Å²) in [5, 5.41) is 11.1. The Morgan fingerprint density at radius 1 is 1.67 bits per heavy atom. The number of carbonyl (C=O) groups excluding carboxylic acids is 1. The van der Waals surface area contributed by atoms with Gasteiger partial charge in [0.2, 0.25) is 5.91 Å². The van der Waals surface area contributed by atoms with Gasteiger partial charge in [0.05, 0.1) is 12.5 Å². The van der Waals surface area contributed by atoms with Crippen LogP contribution in [0.15, 0.2) is 0 Å². The fourth-order valence-electron chi connectivity index (χ4n) is 1.27. The van der Waals surface area contributed by atoms with E-state index in [-0.39, 0.29) is 19.1 Å². The maximum absolute atomic E-state index is 11.6. The van der Waals surface area contributed by atoms with E-state index in [9.17, 15) is 9.59 Å². The Kier molecular flexibility index (Phi) is 3.65. The molecule has 2 atom stereocenters. The van der Waals surface area contributed by atoms with Gasteiger partial charge in [0.25, 0.3) is 0 Å². The van der Waals surface area contributed by atoms with Crippen molar-refractivity contribution in [1.82, 2.24) is 5.32 Å². The minimum Gasteiger partial charge on any atom is -0.481 e. The number of rotatable bonds is 4. The van der Waals surface area contributed by atoms with E-state index in [4.69, 9.17) is 15.6 Å². The van der Waals surface area contributed by atoms with Gasteiger partial charge in [0.1, 0.15) is 5.54 Å². The van der Waals surface area contributed by atoms with Gasteiger partial charge >= 0.3 is 5.97 Å². The fourth-order valence-corrected chi connectivity index (χ4v) is 1.27. The van der Waals surface area contributed by atoms with E-state index in [1.807, 2.05) is 0 Å². The summed E-state index contributed by atoms with van der Waals surface area (Å²) in [4.78, 5) is 22.1. The third kappa shape index (κ3) is 2.90. The summed E-state index contributed by atoms with van der Waals surface area (Å²) in [6, 6.07) is 0. The number of amides is 1. The van der Waals surface area contributed by atoms with Crippen LogP contribution in [0.4, 0.5) is 0 Å². The second kappa shape index (κ2) is 4.59. The van der Waals surface area contributed by atoms with Crippen LogP contribution in [0, 0.1) is 5.92 Å². The van der Waals surface area contributed by atoms with Gasteiger partial charge in [0, 0.05) is 13.2 Å². The highest BCUT2D eigenvalue weighted by molar-refractivity contribution is 5.87. The van der Waals surface area contributed by atoms with Crippen LogP contribution in [0.2, 0.25) is 0 Å². The maximum atomic E-state index is 11.6. The van der Waals surface area contributed by atoms with Crippen LogP contribution < -0.4 is 11.1 Å². The molecule has 6 nitrogen and oxygen atoms in total. The number of carboxylic acid groups (broad SMARTS) is 1. The highest BCUT2D eigenvalue weighted by Crippen LogP contribution is 2.15. The maximum Gasteiger partial charge on any atom is 0.308 e. The Hall–Kier alpha value is -1.14. The first-order valence-corrected chi connectivity index (χ1v) is 4.83. The van der Waals surface area contributed by atoms with Crippen molar-refractivity contribution < 1.29 is 19.4 Å². The van der Waals surface area contributed by atoms with Gasteiger partial charge in [-0.3, -0.25) is 9.59 Å². The summed E-state index contributed by atoms with van der Waals surface area (Å²) in [7, 11) is 0. The van der Waals surface area contributed by atoms with Gasteiger partial charge in [-0.2, -0.15) is 0 Å². The summed E-state index contributed by atoms with van der Waals surface area (Å²) in [6.07, 6.45) is 0.473. The molecule has 0 aromatic carbocycles. The highest BCUT2D eigenvalue weighted by atomic mass is 16.5. The van der Waals surface area contributed by atoms with E-state index in [2.05, 4.69) is 5.32 Å². The summed E-state index contributed by atoms with van der Waals surface area (Å²) in [5.74, 6) is -1.89. The summed E-state index contributed by atoms with van der Waals surface area (Å²) in [6.45, 7) is 2.28. The fraction of sp³-hybridized carbons (Fsp3) is 0.778. The van der Waals surface area contributed by atoms with Gasteiger partial charge in [0.15, 0.2) is 0 Å². The van der Waals surface area contributed by atoms with Crippen LogP contribution in [0.25, 0.3) is 0 Å². The minimum atomic E-state index is -0.988. The third-order valence-electron chi connectivity index (χ3n) is 2.49. The molecule has 1 heterocycles. The molecule has 1 saturated heterocycles. The second-order valence-electron chi connectivity index (χ2n) is 3.91. The third-order valence-corrected chi connectivity index (χ3v) is 2.49.